The molecular formula is C19H20N6O. The highest BCUT2D eigenvalue weighted by molar-refractivity contribution is 5.68. The second kappa shape index (κ2) is 6.03. The summed E-state index contributed by atoms with van der Waals surface area (Å²) in [7, 11) is 0. The average molecular weight is 348 g/mol. The molecule has 3 N–H and O–H groups in total. The Balaban J connectivity index is 1.47. The van der Waals surface area contributed by atoms with E-state index in [0.29, 0.717) is 12.5 Å². The third-order valence-corrected chi connectivity index (χ3v) is 4.86. The zero-order chi connectivity index (χ0) is 17.5. The van der Waals surface area contributed by atoms with Crippen LogP contribution in [0.4, 0.5) is 11.5 Å². The second-order valence-corrected chi connectivity index (χ2v) is 6.79. The van der Waals surface area contributed by atoms with Gasteiger partial charge in [0, 0.05) is 42.0 Å². The molecule has 1 aromatic carbocycles. The lowest BCUT2D eigenvalue weighted by Gasteiger charge is -2.28. The Morgan fingerprint density at radius 3 is 3.04 bits per heavy atom. The van der Waals surface area contributed by atoms with Crippen molar-refractivity contribution in [1.29, 1.82) is 0 Å². The molecule has 132 valence electrons. The Labute approximate surface area is 151 Å². The standard InChI is InChI=1S/C19H20N6O/c26-12-13-2-1-3-15(8-13)24-10-18-20-6-7-25(18)19(11-24)21-17-9-16(22-23-17)14-4-5-14/h1-3,6-9,11,14,26H,4-5,10,12H2,(H2,21,22,23). The minimum atomic E-state index is 0.0301. The van der Waals surface area contributed by atoms with E-state index in [4.69, 9.17) is 0 Å². The molecule has 3 heterocycles. The Morgan fingerprint density at radius 2 is 2.19 bits per heavy atom. The molecule has 1 saturated carbocycles. The molecule has 0 radical (unpaired) electrons. The largest absolute Gasteiger partial charge is 0.392 e. The van der Waals surface area contributed by atoms with Crippen LogP contribution < -0.4 is 10.2 Å². The van der Waals surface area contributed by atoms with Gasteiger partial charge < -0.3 is 15.3 Å². The van der Waals surface area contributed by atoms with Crippen LogP contribution >= 0.6 is 0 Å². The first-order valence-corrected chi connectivity index (χ1v) is 8.83. The van der Waals surface area contributed by atoms with E-state index in [1.165, 1.54) is 18.5 Å². The molecule has 26 heavy (non-hydrogen) atoms. The number of nitrogens with zero attached hydrogens (tertiary/aromatic N) is 4. The summed E-state index contributed by atoms with van der Waals surface area (Å²) in [6, 6.07) is 9.98. The number of aliphatic hydroxyl groups excluding tert-OH is 1. The Bertz CT molecular complexity index is 968. The first-order chi connectivity index (χ1) is 12.8. The molecule has 0 saturated heterocycles. The van der Waals surface area contributed by atoms with Gasteiger partial charge in [-0.2, -0.15) is 5.10 Å². The molecule has 2 aliphatic rings. The SMILES string of the molecule is OCc1cccc(N2C=C(Nc3cc(C4CC4)[nH]n3)n3ccnc3C2)c1. The molecular weight excluding hydrogens is 328 g/mol. The highest BCUT2D eigenvalue weighted by Crippen LogP contribution is 2.39. The van der Waals surface area contributed by atoms with E-state index in [2.05, 4.69) is 37.7 Å². The van der Waals surface area contributed by atoms with Gasteiger partial charge >= 0.3 is 0 Å². The number of hydrogen-bond donors (Lipinski definition) is 3. The summed E-state index contributed by atoms with van der Waals surface area (Å²) in [5.74, 6) is 3.29. The van der Waals surface area contributed by atoms with Crippen molar-refractivity contribution < 1.29 is 5.11 Å². The maximum Gasteiger partial charge on any atom is 0.153 e. The van der Waals surface area contributed by atoms with Crippen LogP contribution in [-0.2, 0) is 13.2 Å². The van der Waals surface area contributed by atoms with Crippen molar-refractivity contribution in [1.82, 2.24) is 19.7 Å². The van der Waals surface area contributed by atoms with Gasteiger partial charge in [0.2, 0.25) is 0 Å². The Hall–Kier alpha value is -3.06. The van der Waals surface area contributed by atoms with Gasteiger partial charge in [0.15, 0.2) is 5.82 Å². The number of benzene rings is 1. The number of nitrogens with one attached hydrogen (secondary N) is 2. The Morgan fingerprint density at radius 1 is 1.27 bits per heavy atom. The van der Waals surface area contributed by atoms with Crippen molar-refractivity contribution in [2.45, 2.75) is 31.9 Å². The number of aromatic amines is 1. The highest BCUT2D eigenvalue weighted by Gasteiger charge is 2.26. The van der Waals surface area contributed by atoms with E-state index in [0.717, 1.165) is 28.7 Å². The van der Waals surface area contributed by atoms with Crippen LogP contribution in [0.25, 0.3) is 5.82 Å². The van der Waals surface area contributed by atoms with E-state index in [1.54, 1.807) is 6.20 Å². The fourth-order valence-corrected chi connectivity index (χ4v) is 3.31. The van der Waals surface area contributed by atoms with Crippen molar-refractivity contribution >= 4 is 17.3 Å². The van der Waals surface area contributed by atoms with E-state index in [9.17, 15) is 5.11 Å². The molecule has 3 aromatic rings. The maximum atomic E-state index is 9.41. The number of imidazole rings is 1. The van der Waals surface area contributed by atoms with Gasteiger partial charge in [0.05, 0.1) is 13.2 Å². The van der Waals surface area contributed by atoms with Crippen LogP contribution in [0.2, 0.25) is 0 Å². The number of rotatable bonds is 5. The summed E-state index contributed by atoms with van der Waals surface area (Å²) < 4.78 is 2.04. The highest BCUT2D eigenvalue weighted by atomic mass is 16.3. The van der Waals surface area contributed by atoms with Crippen LogP contribution in [0.3, 0.4) is 0 Å². The molecule has 0 atom stereocenters. The van der Waals surface area contributed by atoms with Crippen molar-refractivity contribution in [2.24, 2.45) is 0 Å². The summed E-state index contributed by atoms with van der Waals surface area (Å²) >= 11 is 0. The van der Waals surface area contributed by atoms with E-state index >= 15 is 0 Å². The molecule has 7 nitrogen and oxygen atoms in total. The van der Waals surface area contributed by atoms with E-state index in [-0.39, 0.29) is 6.61 Å². The van der Waals surface area contributed by atoms with Crippen LogP contribution in [0.5, 0.6) is 0 Å². The molecule has 0 spiro atoms. The van der Waals surface area contributed by atoms with Gasteiger partial charge in [-0.3, -0.25) is 9.67 Å². The number of anilines is 2. The van der Waals surface area contributed by atoms with Gasteiger partial charge in [-0.05, 0) is 30.5 Å². The molecule has 5 rings (SSSR count). The predicted molar refractivity (Wildman–Crippen MR) is 99.2 cm³/mol. The molecule has 2 aromatic heterocycles. The number of fused-ring (bicyclic) bond motifs is 1. The van der Waals surface area contributed by atoms with Crippen molar-refractivity contribution in [3.8, 4) is 0 Å². The van der Waals surface area contributed by atoms with E-state index < -0.39 is 0 Å². The normalized spacial score (nSPS) is 16.3. The topological polar surface area (TPSA) is 82.0 Å². The summed E-state index contributed by atoms with van der Waals surface area (Å²) in [5.41, 5.74) is 3.11. The number of aromatic nitrogens is 4. The summed E-state index contributed by atoms with van der Waals surface area (Å²) in [5, 5.41) is 20.3. The van der Waals surface area contributed by atoms with Crippen LogP contribution in [-0.4, -0.2) is 24.9 Å². The first-order valence-electron chi connectivity index (χ1n) is 8.83. The number of aliphatic hydroxyl groups is 1. The third-order valence-electron chi connectivity index (χ3n) is 4.86. The minimum Gasteiger partial charge on any atom is -0.392 e. The number of hydrogen-bond acceptors (Lipinski definition) is 5. The van der Waals surface area contributed by atoms with Crippen LogP contribution in [0, 0.1) is 0 Å². The quantitative estimate of drug-likeness (QED) is 0.660. The molecule has 1 aliphatic carbocycles. The monoisotopic (exact) mass is 348 g/mol. The van der Waals surface area contributed by atoms with Gasteiger partial charge in [-0.1, -0.05) is 12.1 Å². The molecule has 0 bridgehead atoms. The third kappa shape index (κ3) is 2.76. The lowest BCUT2D eigenvalue weighted by molar-refractivity contribution is 0.282. The van der Waals surface area contributed by atoms with Crippen LogP contribution in [0.15, 0.2) is 48.9 Å². The zero-order valence-electron chi connectivity index (χ0n) is 14.3. The number of H-pyrrole nitrogens is 1. The average Bonchev–Trinajstić information content (AvgIpc) is 3.23. The summed E-state index contributed by atoms with van der Waals surface area (Å²) in [6.45, 7) is 0.698. The smallest absolute Gasteiger partial charge is 0.153 e. The molecule has 0 amide bonds. The lowest BCUT2D eigenvalue weighted by Crippen LogP contribution is -2.27. The fraction of sp³-hybridized carbons (Fsp3) is 0.263. The van der Waals surface area contributed by atoms with Crippen LogP contribution in [0.1, 0.15) is 35.8 Å². The fourth-order valence-electron chi connectivity index (χ4n) is 3.31. The molecule has 0 unspecified atom stereocenters. The van der Waals surface area contributed by atoms with Crippen molar-refractivity contribution in [3.63, 3.8) is 0 Å². The first kappa shape index (κ1) is 15.2. The van der Waals surface area contributed by atoms with Crippen molar-refractivity contribution in [3.05, 3.63) is 66.0 Å². The lowest BCUT2D eigenvalue weighted by atomic mass is 10.2. The Kier molecular flexibility index (Phi) is 3.53. The van der Waals surface area contributed by atoms with Gasteiger partial charge in [-0.15, -0.1) is 0 Å². The maximum absolute atomic E-state index is 9.41. The zero-order valence-corrected chi connectivity index (χ0v) is 14.3. The molecule has 1 fully saturated rings. The van der Waals surface area contributed by atoms with Gasteiger partial charge in [-0.25, -0.2) is 4.98 Å². The predicted octanol–water partition coefficient (Wildman–Crippen LogP) is 2.86. The summed E-state index contributed by atoms with van der Waals surface area (Å²) in [6.07, 6.45) is 8.29. The second-order valence-electron chi connectivity index (χ2n) is 6.79. The minimum absolute atomic E-state index is 0.0301. The molecule has 1 aliphatic heterocycles. The summed E-state index contributed by atoms with van der Waals surface area (Å²) in [4.78, 5) is 6.60. The van der Waals surface area contributed by atoms with Gasteiger partial charge in [0.1, 0.15) is 11.6 Å². The van der Waals surface area contributed by atoms with E-state index in [1.807, 2.05) is 35.0 Å². The van der Waals surface area contributed by atoms with Gasteiger partial charge in [0.25, 0.3) is 0 Å². The van der Waals surface area contributed by atoms with Crippen molar-refractivity contribution in [2.75, 3.05) is 10.2 Å². The molecule has 7 heteroatoms.